The highest BCUT2D eigenvalue weighted by Gasteiger charge is 2.32. The Morgan fingerprint density at radius 3 is 2.40 bits per heavy atom. The number of hydrogen-bond acceptors (Lipinski definition) is 5. The lowest BCUT2D eigenvalue weighted by molar-refractivity contribution is -0.0732. The second kappa shape index (κ2) is 5.36. The fourth-order valence-electron chi connectivity index (χ4n) is 1.37. The van der Waals surface area contributed by atoms with Crippen molar-refractivity contribution >= 4 is 5.82 Å². The number of nitrogen functional groups attached to an aromatic ring is 1. The lowest BCUT2D eigenvalue weighted by atomic mass is 10.2. The SMILES string of the molecule is CC(Oc1ccc(-c2cnc(N)cn2)cn1)C(C)(F)F. The molecule has 1 unspecified atom stereocenters. The topological polar surface area (TPSA) is 73.9 Å². The first-order valence-corrected chi connectivity index (χ1v) is 5.94. The summed E-state index contributed by atoms with van der Waals surface area (Å²) in [6.07, 6.45) is 3.17. The van der Waals surface area contributed by atoms with Crippen molar-refractivity contribution < 1.29 is 13.5 Å². The molecule has 2 aromatic heterocycles. The predicted octanol–water partition coefficient (Wildman–Crippen LogP) is 2.54. The Hall–Kier alpha value is -2.31. The third-order valence-electron chi connectivity index (χ3n) is 2.72. The molecular formula is C13H14F2N4O. The molecule has 0 radical (unpaired) electrons. The lowest BCUT2D eigenvalue weighted by Crippen LogP contribution is -2.32. The van der Waals surface area contributed by atoms with Gasteiger partial charge in [0.05, 0.1) is 18.1 Å². The van der Waals surface area contributed by atoms with Crippen LogP contribution in [0.1, 0.15) is 13.8 Å². The lowest BCUT2D eigenvalue weighted by Gasteiger charge is -2.20. The molecule has 0 aromatic carbocycles. The molecule has 0 amide bonds. The van der Waals surface area contributed by atoms with Gasteiger partial charge in [0.2, 0.25) is 5.88 Å². The van der Waals surface area contributed by atoms with E-state index in [2.05, 4.69) is 15.0 Å². The summed E-state index contributed by atoms with van der Waals surface area (Å²) in [6.45, 7) is 2.09. The van der Waals surface area contributed by atoms with Gasteiger partial charge in [0, 0.05) is 24.8 Å². The van der Waals surface area contributed by atoms with Gasteiger partial charge >= 0.3 is 0 Å². The van der Waals surface area contributed by atoms with Crippen molar-refractivity contribution in [2.75, 3.05) is 5.73 Å². The third-order valence-corrected chi connectivity index (χ3v) is 2.72. The molecule has 106 valence electrons. The van der Waals surface area contributed by atoms with E-state index in [1.54, 1.807) is 6.07 Å². The van der Waals surface area contributed by atoms with E-state index in [0.29, 0.717) is 17.1 Å². The number of hydrogen-bond donors (Lipinski definition) is 1. The summed E-state index contributed by atoms with van der Waals surface area (Å²) in [5.41, 5.74) is 6.73. The summed E-state index contributed by atoms with van der Waals surface area (Å²) < 4.78 is 31.1. The number of rotatable bonds is 4. The summed E-state index contributed by atoms with van der Waals surface area (Å²) in [5.74, 6) is -2.48. The molecule has 0 bridgehead atoms. The van der Waals surface area contributed by atoms with Gasteiger partial charge in [0.25, 0.3) is 5.92 Å². The van der Waals surface area contributed by atoms with Crippen molar-refractivity contribution in [3.8, 4) is 17.1 Å². The van der Waals surface area contributed by atoms with Crippen LogP contribution in [0.5, 0.6) is 5.88 Å². The van der Waals surface area contributed by atoms with Gasteiger partial charge in [-0.2, -0.15) is 0 Å². The molecule has 2 N–H and O–H groups in total. The molecule has 0 fully saturated rings. The number of pyridine rings is 1. The molecule has 2 aromatic rings. The van der Waals surface area contributed by atoms with E-state index in [9.17, 15) is 8.78 Å². The maximum absolute atomic E-state index is 13.0. The fraction of sp³-hybridized carbons (Fsp3) is 0.308. The molecule has 2 rings (SSSR count). The van der Waals surface area contributed by atoms with Crippen molar-refractivity contribution in [1.29, 1.82) is 0 Å². The predicted molar refractivity (Wildman–Crippen MR) is 70.4 cm³/mol. The zero-order chi connectivity index (χ0) is 14.8. The van der Waals surface area contributed by atoms with Crippen LogP contribution in [0.3, 0.4) is 0 Å². The van der Waals surface area contributed by atoms with Crippen LogP contribution < -0.4 is 10.5 Å². The highest BCUT2D eigenvalue weighted by atomic mass is 19.3. The van der Waals surface area contributed by atoms with Crippen molar-refractivity contribution in [3.63, 3.8) is 0 Å². The standard InChI is InChI=1S/C13H14F2N4O/c1-8(13(2,14)15)20-12-4-3-9(5-19-12)10-6-18-11(16)7-17-10/h3-8H,1-2H3,(H2,16,18). The van der Waals surface area contributed by atoms with Crippen molar-refractivity contribution in [2.45, 2.75) is 25.9 Å². The summed E-state index contributed by atoms with van der Waals surface area (Å²) in [4.78, 5) is 12.0. The zero-order valence-corrected chi connectivity index (χ0v) is 11.0. The van der Waals surface area contributed by atoms with Crippen LogP contribution in [0.25, 0.3) is 11.3 Å². The van der Waals surface area contributed by atoms with E-state index < -0.39 is 12.0 Å². The van der Waals surface area contributed by atoms with Gasteiger partial charge in [-0.15, -0.1) is 0 Å². The minimum atomic E-state index is -2.93. The number of anilines is 1. The maximum Gasteiger partial charge on any atom is 0.281 e. The van der Waals surface area contributed by atoms with Crippen LogP contribution in [-0.4, -0.2) is 27.0 Å². The second-order valence-corrected chi connectivity index (χ2v) is 4.43. The number of ether oxygens (including phenoxy) is 1. The van der Waals surface area contributed by atoms with Gasteiger partial charge in [-0.1, -0.05) is 0 Å². The van der Waals surface area contributed by atoms with Crippen molar-refractivity contribution in [2.24, 2.45) is 0 Å². The van der Waals surface area contributed by atoms with Crippen LogP contribution in [0, 0.1) is 0 Å². The molecule has 1 atom stereocenters. The fourth-order valence-corrected chi connectivity index (χ4v) is 1.37. The summed E-state index contributed by atoms with van der Waals surface area (Å²) >= 11 is 0. The van der Waals surface area contributed by atoms with E-state index in [-0.39, 0.29) is 5.88 Å². The quantitative estimate of drug-likeness (QED) is 0.931. The molecule has 0 aliphatic carbocycles. The number of halogens is 2. The van der Waals surface area contributed by atoms with Crippen LogP contribution >= 0.6 is 0 Å². The normalized spacial score (nSPS) is 13.0. The van der Waals surface area contributed by atoms with E-state index in [0.717, 1.165) is 6.92 Å². The maximum atomic E-state index is 13.0. The molecule has 0 saturated carbocycles. The Labute approximate surface area is 114 Å². The number of alkyl halides is 2. The molecule has 0 aliphatic rings. The average Bonchev–Trinajstić information content (AvgIpc) is 2.39. The van der Waals surface area contributed by atoms with Crippen molar-refractivity contribution in [3.05, 3.63) is 30.7 Å². The zero-order valence-electron chi connectivity index (χ0n) is 11.0. The van der Waals surface area contributed by atoms with Crippen molar-refractivity contribution in [1.82, 2.24) is 15.0 Å². The average molecular weight is 280 g/mol. The van der Waals surface area contributed by atoms with Gasteiger partial charge in [0.1, 0.15) is 5.82 Å². The largest absolute Gasteiger partial charge is 0.468 e. The number of nitrogens with zero attached hydrogens (tertiary/aromatic N) is 3. The third kappa shape index (κ3) is 3.37. The Bertz CT molecular complexity index is 566. The number of nitrogens with two attached hydrogens (primary N) is 1. The van der Waals surface area contributed by atoms with E-state index >= 15 is 0 Å². The van der Waals surface area contributed by atoms with Gasteiger partial charge in [-0.25, -0.2) is 18.7 Å². The van der Waals surface area contributed by atoms with Crippen LogP contribution in [0.2, 0.25) is 0 Å². The minimum Gasteiger partial charge on any atom is -0.468 e. The molecule has 0 saturated heterocycles. The first-order valence-electron chi connectivity index (χ1n) is 5.94. The van der Waals surface area contributed by atoms with Crippen LogP contribution in [0.15, 0.2) is 30.7 Å². The Morgan fingerprint density at radius 2 is 1.90 bits per heavy atom. The molecule has 20 heavy (non-hydrogen) atoms. The smallest absolute Gasteiger partial charge is 0.281 e. The van der Waals surface area contributed by atoms with E-state index in [4.69, 9.17) is 10.5 Å². The summed E-state index contributed by atoms with van der Waals surface area (Å²) in [6, 6.07) is 3.18. The Kier molecular flexibility index (Phi) is 3.78. The first kappa shape index (κ1) is 14.1. The second-order valence-electron chi connectivity index (χ2n) is 4.43. The molecule has 5 nitrogen and oxygen atoms in total. The van der Waals surface area contributed by atoms with Gasteiger partial charge in [-0.05, 0) is 13.0 Å². The van der Waals surface area contributed by atoms with Gasteiger partial charge in [-0.3, -0.25) is 4.98 Å². The molecular weight excluding hydrogens is 266 g/mol. The van der Waals surface area contributed by atoms with E-state index in [1.807, 2.05) is 0 Å². The molecule has 0 aliphatic heterocycles. The summed E-state index contributed by atoms with van der Waals surface area (Å²) in [5, 5.41) is 0. The first-order chi connectivity index (χ1) is 9.36. The highest BCUT2D eigenvalue weighted by molar-refractivity contribution is 5.57. The molecule has 2 heterocycles. The van der Waals surface area contributed by atoms with Gasteiger partial charge in [0.15, 0.2) is 6.10 Å². The number of aromatic nitrogens is 3. The molecule has 7 heteroatoms. The highest BCUT2D eigenvalue weighted by Crippen LogP contribution is 2.23. The van der Waals surface area contributed by atoms with Gasteiger partial charge < -0.3 is 10.5 Å². The molecule has 0 spiro atoms. The Morgan fingerprint density at radius 1 is 1.15 bits per heavy atom. The minimum absolute atomic E-state index is 0.131. The monoisotopic (exact) mass is 280 g/mol. The Balaban J connectivity index is 2.12. The van der Waals surface area contributed by atoms with E-state index in [1.165, 1.54) is 31.6 Å². The van der Waals surface area contributed by atoms with Crippen LogP contribution in [0.4, 0.5) is 14.6 Å². The summed E-state index contributed by atoms with van der Waals surface area (Å²) in [7, 11) is 0. The van der Waals surface area contributed by atoms with Crippen LogP contribution in [-0.2, 0) is 0 Å².